The van der Waals surface area contributed by atoms with Gasteiger partial charge < -0.3 is 9.88 Å². The second-order valence-electron chi connectivity index (χ2n) is 4.43. The van der Waals surface area contributed by atoms with Crippen LogP contribution in [0, 0.1) is 0 Å². The third-order valence-corrected chi connectivity index (χ3v) is 3.51. The first-order chi connectivity index (χ1) is 10.3. The standard InChI is InChI=1S/C13H13BrN4O3S/c1-22(20,21)17-13-15-7-2-8-18(13)9-12(19)16-11-5-3-10(14)4-6-11/h2-8H,9H2,1H3,(H,16,19)/b17-13+. The van der Waals surface area contributed by atoms with Crippen molar-refractivity contribution in [3.8, 4) is 0 Å². The molecule has 0 aliphatic carbocycles. The molecule has 116 valence electrons. The van der Waals surface area contributed by atoms with E-state index in [0.29, 0.717) is 5.69 Å². The van der Waals surface area contributed by atoms with Gasteiger partial charge in [0, 0.05) is 22.6 Å². The van der Waals surface area contributed by atoms with Gasteiger partial charge in [-0.1, -0.05) is 15.9 Å². The van der Waals surface area contributed by atoms with E-state index in [-0.39, 0.29) is 18.1 Å². The third kappa shape index (κ3) is 5.08. The maximum atomic E-state index is 12.0. The minimum absolute atomic E-state index is 0.0454. The first-order valence-corrected chi connectivity index (χ1v) is 8.80. The Balaban J connectivity index is 2.19. The Labute approximate surface area is 135 Å². The summed E-state index contributed by atoms with van der Waals surface area (Å²) >= 11 is 3.31. The Morgan fingerprint density at radius 3 is 2.68 bits per heavy atom. The predicted octanol–water partition coefficient (Wildman–Crippen LogP) is 1.14. The zero-order valence-corrected chi connectivity index (χ0v) is 14.0. The van der Waals surface area contributed by atoms with Gasteiger partial charge in [-0.05, 0) is 30.3 Å². The van der Waals surface area contributed by atoms with Crippen LogP contribution < -0.4 is 10.9 Å². The molecule has 1 amide bonds. The quantitative estimate of drug-likeness (QED) is 0.854. The molecule has 0 saturated heterocycles. The molecule has 1 aromatic heterocycles. The predicted molar refractivity (Wildman–Crippen MR) is 85.4 cm³/mol. The van der Waals surface area contributed by atoms with Crippen molar-refractivity contribution < 1.29 is 13.2 Å². The summed E-state index contributed by atoms with van der Waals surface area (Å²) in [6, 6.07) is 8.69. The Kier molecular flexibility index (Phi) is 5.09. The normalized spacial score (nSPS) is 12.2. The number of halogens is 1. The van der Waals surface area contributed by atoms with Crippen molar-refractivity contribution in [2.75, 3.05) is 11.6 Å². The monoisotopic (exact) mass is 384 g/mol. The smallest absolute Gasteiger partial charge is 0.253 e. The van der Waals surface area contributed by atoms with Gasteiger partial charge in [0.25, 0.3) is 10.0 Å². The van der Waals surface area contributed by atoms with E-state index < -0.39 is 10.0 Å². The second-order valence-corrected chi connectivity index (χ2v) is 6.99. The van der Waals surface area contributed by atoms with Crippen LogP contribution in [0.1, 0.15) is 0 Å². The number of carbonyl (C=O) groups excluding carboxylic acids is 1. The van der Waals surface area contributed by atoms with Gasteiger partial charge in [0.15, 0.2) is 0 Å². The summed E-state index contributed by atoms with van der Waals surface area (Å²) in [5, 5.41) is 2.71. The van der Waals surface area contributed by atoms with Crippen molar-refractivity contribution in [2.45, 2.75) is 6.54 Å². The van der Waals surface area contributed by atoms with Gasteiger partial charge in [-0.2, -0.15) is 0 Å². The molecule has 2 rings (SSSR count). The van der Waals surface area contributed by atoms with E-state index in [1.165, 1.54) is 17.0 Å². The van der Waals surface area contributed by atoms with E-state index in [4.69, 9.17) is 0 Å². The summed E-state index contributed by atoms with van der Waals surface area (Å²) in [5.74, 6) is -0.315. The number of hydrogen-bond acceptors (Lipinski definition) is 4. The van der Waals surface area contributed by atoms with Crippen molar-refractivity contribution in [2.24, 2.45) is 4.40 Å². The lowest BCUT2D eigenvalue weighted by Gasteiger charge is -2.08. The average molecular weight is 385 g/mol. The molecule has 0 fully saturated rings. The number of aromatic nitrogens is 2. The van der Waals surface area contributed by atoms with Gasteiger partial charge in [-0.25, -0.2) is 13.4 Å². The van der Waals surface area contributed by atoms with Crippen molar-refractivity contribution in [1.29, 1.82) is 0 Å². The summed E-state index contributed by atoms with van der Waals surface area (Å²) in [6.07, 6.45) is 3.92. The van der Waals surface area contributed by atoms with Crippen molar-refractivity contribution in [3.63, 3.8) is 0 Å². The molecule has 0 saturated carbocycles. The molecular formula is C13H13BrN4O3S. The van der Waals surface area contributed by atoms with E-state index in [9.17, 15) is 13.2 Å². The topological polar surface area (TPSA) is 93.4 Å². The van der Waals surface area contributed by atoms with Gasteiger partial charge in [0.05, 0.1) is 6.26 Å². The van der Waals surface area contributed by atoms with E-state index >= 15 is 0 Å². The van der Waals surface area contributed by atoms with Crippen LogP contribution in [0.5, 0.6) is 0 Å². The van der Waals surface area contributed by atoms with Crippen LogP contribution in [0.4, 0.5) is 5.69 Å². The highest BCUT2D eigenvalue weighted by Crippen LogP contribution is 2.13. The molecule has 0 atom stereocenters. The molecule has 9 heteroatoms. The van der Waals surface area contributed by atoms with Crippen LogP contribution in [-0.2, 0) is 21.4 Å². The number of nitrogens with one attached hydrogen (secondary N) is 1. The van der Waals surface area contributed by atoms with Crippen LogP contribution in [0.25, 0.3) is 0 Å². The second kappa shape index (κ2) is 6.84. The molecule has 0 radical (unpaired) electrons. The van der Waals surface area contributed by atoms with Crippen LogP contribution in [0.15, 0.2) is 51.6 Å². The van der Waals surface area contributed by atoms with Gasteiger partial charge in [0.1, 0.15) is 6.54 Å². The molecule has 22 heavy (non-hydrogen) atoms. The number of anilines is 1. The lowest BCUT2D eigenvalue weighted by Crippen LogP contribution is -2.30. The molecule has 0 aliphatic heterocycles. The van der Waals surface area contributed by atoms with Crippen LogP contribution in [0.3, 0.4) is 0 Å². The number of hydrogen-bond donors (Lipinski definition) is 1. The van der Waals surface area contributed by atoms with Crippen LogP contribution >= 0.6 is 15.9 Å². The molecule has 0 spiro atoms. The zero-order valence-electron chi connectivity index (χ0n) is 11.6. The number of carbonyl (C=O) groups is 1. The third-order valence-electron chi connectivity index (χ3n) is 2.49. The first kappa shape index (κ1) is 16.4. The highest BCUT2D eigenvalue weighted by Gasteiger charge is 2.06. The minimum Gasteiger partial charge on any atom is -0.325 e. The number of sulfonamides is 1. The lowest BCUT2D eigenvalue weighted by atomic mass is 10.3. The Bertz CT molecular complexity index is 844. The molecule has 2 aromatic rings. The molecule has 7 nitrogen and oxygen atoms in total. The zero-order chi connectivity index (χ0) is 16.2. The molecule has 1 aromatic carbocycles. The highest BCUT2D eigenvalue weighted by molar-refractivity contribution is 9.10. The fourth-order valence-electron chi connectivity index (χ4n) is 1.63. The maximum absolute atomic E-state index is 12.0. The highest BCUT2D eigenvalue weighted by atomic mass is 79.9. The van der Waals surface area contributed by atoms with Gasteiger partial charge in [-0.15, -0.1) is 4.40 Å². The van der Waals surface area contributed by atoms with E-state index in [1.54, 1.807) is 30.3 Å². The van der Waals surface area contributed by atoms with Crippen LogP contribution in [0.2, 0.25) is 0 Å². The molecular weight excluding hydrogens is 372 g/mol. The number of benzene rings is 1. The number of nitrogens with zero attached hydrogens (tertiary/aromatic N) is 3. The summed E-state index contributed by atoms with van der Waals surface area (Å²) in [6.45, 7) is -0.0990. The summed E-state index contributed by atoms with van der Waals surface area (Å²) in [5.41, 5.74) is 0.593. The summed E-state index contributed by atoms with van der Waals surface area (Å²) in [7, 11) is -3.59. The first-order valence-electron chi connectivity index (χ1n) is 6.16. The molecule has 1 N–H and O–H groups in total. The van der Waals surface area contributed by atoms with Crippen LogP contribution in [-0.4, -0.2) is 30.1 Å². The number of rotatable bonds is 4. The summed E-state index contributed by atoms with van der Waals surface area (Å²) in [4.78, 5) is 15.9. The fraction of sp³-hybridized carbons (Fsp3) is 0.154. The Hall–Kier alpha value is -2.00. The van der Waals surface area contributed by atoms with Crippen molar-refractivity contribution >= 4 is 37.5 Å². The average Bonchev–Trinajstić information content (AvgIpc) is 2.42. The van der Waals surface area contributed by atoms with E-state index in [2.05, 4.69) is 30.6 Å². The summed E-state index contributed by atoms with van der Waals surface area (Å²) < 4.78 is 28.2. The van der Waals surface area contributed by atoms with Gasteiger partial charge in [-0.3, -0.25) is 4.79 Å². The van der Waals surface area contributed by atoms with Crippen molar-refractivity contribution in [1.82, 2.24) is 9.55 Å². The lowest BCUT2D eigenvalue weighted by molar-refractivity contribution is -0.116. The van der Waals surface area contributed by atoms with Gasteiger partial charge in [0.2, 0.25) is 11.5 Å². The Morgan fingerprint density at radius 1 is 1.36 bits per heavy atom. The van der Waals surface area contributed by atoms with Crippen molar-refractivity contribution in [3.05, 3.63) is 52.8 Å². The molecule has 0 bridgehead atoms. The maximum Gasteiger partial charge on any atom is 0.253 e. The molecule has 0 aliphatic rings. The number of amides is 1. The molecule has 0 unspecified atom stereocenters. The Morgan fingerprint density at radius 2 is 2.05 bits per heavy atom. The molecule has 1 heterocycles. The largest absolute Gasteiger partial charge is 0.325 e. The SMILES string of the molecule is CS(=O)(=O)/N=c1\ncccn1CC(=O)Nc1ccc(Br)cc1. The minimum atomic E-state index is -3.59. The fourth-order valence-corrected chi connectivity index (χ4v) is 2.34. The van der Waals surface area contributed by atoms with E-state index in [1.807, 2.05) is 0 Å². The van der Waals surface area contributed by atoms with Gasteiger partial charge >= 0.3 is 0 Å². The van der Waals surface area contributed by atoms with E-state index in [0.717, 1.165) is 10.7 Å².